The first-order chi connectivity index (χ1) is 17.6. The number of nitrogens with one attached hydrogen (secondary N) is 1. The van der Waals surface area contributed by atoms with Crippen molar-refractivity contribution in [2.75, 3.05) is 30.3 Å². The Kier molecular flexibility index (Phi) is 7.75. The van der Waals surface area contributed by atoms with E-state index >= 15 is 0 Å². The van der Waals surface area contributed by atoms with Gasteiger partial charge in [0.2, 0.25) is 0 Å². The molecule has 3 N–H and O–H groups in total. The maximum absolute atomic E-state index is 14.7. The van der Waals surface area contributed by atoms with Crippen molar-refractivity contribution in [1.29, 1.82) is 0 Å². The number of nitrogen functional groups attached to an aromatic ring is 1. The number of nitrogens with two attached hydrogens (primary N) is 1. The highest BCUT2D eigenvalue weighted by atomic mass is 19.3. The second kappa shape index (κ2) is 10.8. The van der Waals surface area contributed by atoms with Gasteiger partial charge in [-0.2, -0.15) is 8.78 Å². The van der Waals surface area contributed by atoms with E-state index in [9.17, 15) is 17.6 Å². The lowest BCUT2D eigenvalue weighted by Gasteiger charge is -2.38. The minimum Gasteiger partial charge on any atom is -0.490 e. The van der Waals surface area contributed by atoms with Crippen molar-refractivity contribution in [3.63, 3.8) is 0 Å². The fourth-order valence-corrected chi connectivity index (χ4v) is 4.39. The summed E-state index contributed by atoms with van der Waals surface area (Å²) in [6.45, 7) is 3.75. The summed E-state index contributed by atoms with van der Waals surface area (Å²) in [4.78, 5) is 7.47. The van der Waals surface area contributed by atoms with E-state index in [4.69, 9.17) is 10.5 Å². The molecule has 2 aliphatic rings. The fraction of sp³-hybridized carbons (Fsp3) is 0.423. The van der Waals surface area contributed by atoms with Crippen molar-refractivity contribution in [2.24, 2.45) is 5.10 Å². The number of hydrazone groups is 1. The van der Waals surface area contributed by atoms with Gasteiger partial charge in [0.15, 0.2) is 5.82 Å². The van der Waals surface area contributed by atoms with Gasteiger partial charge in [-0.25, -0.2) is 13.8 Å². The van der Waals surface area contributed by atoms with Crippen LogP contribution in [-0.4, -0.2) is 59.4 Å². The molecule has 0 amide bonds. The highest BCUT2D eigenvalue weighted by molar-refractivity contribution is 5.72. The van der Waals surface area contributed by atoms with Gasteiger partial charge in [0, 0.05) is 56.6 Å². The van der Waals surface area contributed by atoms with Crippen molar-refractivity contribution < 1.29 is 22.3 Å². The van der Waals surface area contributed by atoms with E-state index in [-0.39, 0.29) is 30.2 Å². The van der Waals surface area contributed by atoms with E-state index in [0.29, 0.717) is 5.75 Å². The lowest BCUT2D eigenvalue weighted by atomic mass is 10.0. The van der Waals surface area contributed by atoms with Gasteiger partial charge in [0.25, 0.3) is 0 Å². The number of likely N-dealkylation sites (tertiary alicyclic amines) is 1. The van der Waals surface area contributed by atoms with E-state index in [1.165, 1.54) is 12.3 Å². The number of ether oxygens (including phenoxy) is 1. The largest absolute Gasteiger partial charge is 0.490 e. The summed E-state index contributed by atoms with van der Waals surface area (Å²) in [5.74, 6) is -5.27. The molecule has 0 aliphatic carbocycles. The molecule has 37 heavy (non-hydrogen) atoms. The van der Waals surface area contributed by atoms with Crippen molar-refractivity contribution in [3.8, 4) is 5.75 Å². The number of anilines is 3. The third-order valence-electron chi connectivity index (χ3n) is 6.53. The first-order valence-corrected chi connectivity index (χ1v) is 12.0. The average molecular weight is 519 g/mol. The normalized spacial score (nSPS) is 17.7. The van der Waals surface area contributed by atoms with E-state index < -0.39 is 17.9 Å². The Morgan fingerprint density at radius 3 is 2.49 bits per heavy atom. The number of halogens is 4. The molecule has 198 valence electrons. The van der Waals surface area contributed by atoms with Gasteiger partial charge in [0.05, 0.1) is 5.69 Å². The molecule has 0 radical (unpaired) electrons. The van der Waals surface area contributed by atoms with E-state index in [0.717, 1.165) is 49.9 Å². The number of aromatic nitrogens is 1. The van der Waals surface area contributed by atoms with Gasteiger partial charge in [-0.1, -0.05) is 0 Å². The molecule has 2 aliphatic heterocycles. The van der Waals surface area contributed by atoms with Crippen LogP contribution in [0, 0.1) is 0 Å². The molecule has 1 aromatic heterocycles. The number of piperidine rings is 1. The first kappa shape index (κ1) is 26.5. The predicted molar refractivity (Wildman–Crippen MR) is 136 cm³/mol. The molecule has 4 rings (SSSR count). The monoisotopic (exact) mass is 518 g/mol. The summed E-state index contributed by atoms with van der Waals surface area (Å²) in [5.41, 5.74) is 10.2. The van der Waals surface area contributed by atoms with E-state index in [1.54, 1.807) is 30.3 Å². The van der Waals surface area contributed by atoms with Crippen molar-refractivity contribution >= 4 is 23.1 Å². The summed E-state index contributed by atoms with van der Waals surface area (Å²) in [5, 5.41) is 3.80. The van der Waals surface area contributed by atoms with E-state index in [2.05, 4.69) is 26.3 Å². The standard InChI is InChI=1S/C26H30F4N6O/c1-18(26(29,30)25(2,27)28)36(24-23(31)4-3-12-32-24)20-5-7-21(8-6-20)37-22-10-14-35(15-11-22)17-19-9-13-33-34-16-19/h3-9,12,16,18,22,34H,10-11,14-15,17,31H2,1-2H3. The van der Waals surface area contributed by atoms with Crippen LogP contribution in [0.3, 0.4) is 0 Å². The second-order valence-corrected chi connectivity index (χ2v) is 9.29. The summed E-state index contributed by atoms with van der Waals surface area (Å²) in [6, 6.07) is 7.49. The molecule has 11 heteroatoms. The molecule has 2 aromatic rings. The molecule has 1 saturated heterocycles. The lowest BCUT2D eigenvalue weighted by molar-refractivity contribution is -0.205. The minimum atomic E-state index is -4.35. The number of pyridine rings is 1. The number of alkyl halides is 4. The van der Waals surface area contributed by atoms with Gasteiger partial charge in [-0.3, -0.25) is 10.3 Å². The third-order valence-corrected chi connectivity index (χ3v) is 6.53. The van der Waals surface area contributed by atoms with Crippen LogP contribution in [0.5, 0.6) is 5.75 Å². The Balaban J connectivity index is 1.46. The average Bonchev–Trinajstić information content (AvgIpc) is 2.87. The summed E-state index contributed by atoms with van der Waals surface area (Å²) >= 11 is 0. The van der Waals surface area contributed by atoms with Crippen LogP contribution >= 0.6 is 0 Å². The summed E-state index contributed by atoms with van der Waals surface area (Å²) in [6.07, 6.45) is 6.73. The van der Waals surface area contributed by atoms with Gasteiger partial charge in [0.1, 0.15) is 17.9 Å². The number of hydrogen-bond acceptors (Lipinski definition) is 7. The lowest BCUT2D eigenvalue weighted by Crippen LogP contribution is -2.53. The number of rotatable bonds is 9. The number of nitrogens with zero attached hydrogens (tertiary/aromatic N) is 4. The quantitative estimate of drug-likeness (QED) is 0.458. The molecule has 0 bridgehead atoms. The van der Waals surface area contributed by atoms with Crippen LogP contribution < -0.4 is 20.8 Å². The van der Waals surface area contributed by atoms with E-state index in [1.807, 2.05) is 12.3 Å². The van der Waals surface area contributed by atoms with Crippen LogP contribution in [0.4, 0.5) is 34.8 Å². The SMILES string of the molecule is CC(N(c1ccc(OC2CCN(CC3=CNN=C=C3)CC2)cc1)c1ncccc1N)C(F)(F)C(C)(F)F. The summed E-state index contributed by atoms with van der Waals surface area (Å²) in [7, 11) is 0. The van der Waals surface area contributed by atoms with Gasteiger partial charge >= 0.3 is 11.8 Å². The minimum absolute atomic E-state index is 0.00208. The van der Waals surface area contributed by atoms with Crippen LogP contribution in [0.2, 0.25) is 0 Å². The molecular weight excluding hydrogens is 488 g/mol. The van der Waals surface area contributed by atoms with Crippen LogP contribution in [-0.2, 0) is 0 Å². The predicted octanol–water partition coefficient (Wildman–Crippen LogP) is 4.95. The molecule has 1 unspecified atom stereocenters. The zero-order valence-electron chi connectivity index (χ0n) is 20.7. The van der Waals surface area contributed by atoms with Gasteiger partial charge < -0.3 is 15.4 Å². The molecule has 0 spiro atoms. The van der Waals surface area contributed by atoms with Crippen LogP contribution in [0.1, 0.15) is 26.7 Å². The molecule has 3 heterocycles. The number of hydrogen-bond donors (Lipinski definition) is 2. The maximum Gasteiger partial charge on any atom is 0.329 e. The van der Waals surface area contributed by atoms with Crippen LogP contribution in [0.25, 0.3) is 0 Å². The van der Waals surface area contributed by atoms with Crippen molar-refractivity contribution in [1.82, 2.24) is 15.3 Å². The van der Waals surface area contributed by atoms with Crippen molar-refractivity contribution in [2.45, 2.75) is 50.7 Å². The third kappa shape index (κ3) is 6.06. The zero-order valence-corrected chi connectivity index (χ0v) is 20.7. The number of benzene rings is 1. The van der Waals surface area contributed by atoms with Crippen LogP contribution in [0.15, 0.2) is 65.5 Å². The highest BCUT2D eigenvalue weighted by Crippen LogP contribution is 2.43. The molecule has 7 nitrogen and oxygen atoms in total. The second-order valence-electron chi connectivity index (χ2n) is 9.29. The molecule has 1 fully saturated rings. The zero-order chi connectivity index (χ0) is 26.6. The highest BCUT2D eigenvalue weighted by Gasteiger charge is 2.58. The smallest absolute Gasteiger partial charge is 0.329 e. The Labute approximate surface area is 213 Å². The summed E-state index contributed by atoms with van der Waals surface area (Å²) < 4.78 is 63.3. The molecule has 1 atom stereocenters. The first-order valence-electron chi connectivity index (χ1n) is 12.0. The Morgan fingerprint density at radius 1 is 1.19 bits per heavy atom. The maximum atomic E-state index is 14.7. The Bertz CT molecular complexity index is 1170. The molecular formula is C26H30F4N6O. The Morgan fingerprint density at radius 2 is 1.89 bits per heavy atom. The Hall–Kier alpha value is -3.56. The van der Waals surface area contributed by atoms with Gasteiger partial charge in [-0.05, 0) is 61.7 Å². The van der Waals surface area contributed by atoms with Crippen molar-refractivity contribution in [3.05, 3.63) is 60.4 Å². The topological polar surface area (TPSA) is 79.0 Å². The molecule has 1 aromatic carbocycles. The fourth-order valence-electron chi connectivity index (χ4n) is 4.39. The molecule has 0 saturated carbocycles. The van der Waals surface area contributed by atoms with Gasteiger partial charge in [-0.15, -0.1) is 5.10 Å².